The van der Waals surface area contributed by atoms with Crippen molar-refractivity contribution in [1.29, 1.82) is 0 Å². The molecule has 0 amide bonds. The van der Waals surface area contributed by atoms with Gasteiger partial charge in [-0.25, -0.2) is 4.98 Å². The van der Waals surface area contributed by atoms with Gasteiger partial charge in [0.1, 0.15) is 5.65 Å². The molecule has 3 aromatic heterocycles. The minimum atomic E-state index is 0. The zero-order valence-electron chi connectivity index (χ0n) is 8.18. The van der Waals surface area contributed by atoms with Crippen LogP contribution in [0.25, 0.3) is 22.3 Å². The van der Waals surface area contributed by atoms with Gasteiger partial charge in [0, 0.05) is 38.2 Å². The fourth-order valence-corrected chi connectivity index (χ4v) is 1.58. The Morgan fingerprint density at radius 2 is 2.19 bits per heavy atom. The molecule has 3 aromatic rings. The molecule has 0 aliphatic carbocycles. The predicted molar refractivity (Wildman–Crippen MR) is 56.0 cm³/mol. The number of aromatic amines is 1. The number of nitrogens with zero attached hydrogens (tertiary/aromatic N) is 3. The quantitative estimate of drug-likeness (QED) is 0.655. The van der Waals surface area contributed by atoms with E-state index in [0.717, 1.165) is 22.3 Å². The largest absolute Gasteiger partial charge is 0.376 e. The maximum absolute atomic E-state index is 4.22. The summed E-state index contributed by atoms with van der Waals surface area (Å²) in [5, 5.41) is 1.06. The standard InChI is InChI=1S/C11H7N4.Re/c1-2-8-9(6-14-11(8)13-4-1)10-3-5-12-7-15-10;/h1-4,6-7H,(H,13,14);/q-1;. The first-order chi connectivity index (χ1) is 7.45. The Morgan fingerprint density at radius 1 is 1.25 bits per heavy atom. The number of fused-ring (bicyclic) bond motifs is 1. The molecule has 0 aliphatic heterocycles. The van der Waals surface area contributed by atoms with Crippen molar-refractivity contribution in [3.8, 4) is 11.3 Å². The van der Waals surface area contributed by atoms with Crippen LogP contribution in [0.1, 0.15) is 0 Å². The first kappa shape index (κ1) is 10.9. The third-order valence-electron chi connectivity index (χ3n) is 2.26. The van der Waals surface area contributed by atoms with E-state index in [1.165, 1.54) is 6.33 Å². The second-order valence-electron chi connectivity index (χ2n) is 3.13. The third kappa shape index (κ3) is 1.75. The molecular weight excluding hydrogens is 374 g/mol. The summed E-state index contributed by atoms with van der Waals surface area (Å²) in [6.45, 7) is 0. The van der Waals surface area contributed by atoms with Crippen molar-refractivity contribution in [2.45, 2.75) is 0 Å². The van der Waals surface area contributed by atoms with E-state index in [0.29, 0.717) is 0 Å². The van der Waals surface area contributed by atoms with E-state index in [-0.39, 0.29) is 20.4 Å². The molecule has 1 N–H and O–H groups in total. The monoisotopic (exact) mass is 382 g/mol. The van der Waals surface area contributed by atoms with E-state index in [4.69, 9.17) is 0 Å². The number of nitrogens with one attached hydrogen (secondary N) is 1. The van der Waals surface area contributed by atoms with Crippen LogP contribution in [-0.2, 0) is 20.4 Å². The molecule has 0 atom stereocenters. The fourth-order valence-electron chi connectivity index (χ4n) is 1.58. The first-order valence-corrected chi connectivity index (χ1v) is 4.56. The van der Waals surface area contributed by atoms with Crippen LogP contribution >= 0.6 is 0 Å². The Morgan fingerprint density at radius 3 is 3.00 bits per heavy atom. The number of rotatable bonds is 1. The van der Waals surface area contributed by atoms with E-state index >= 15 is 0 Å². The predicted octanol–water partition coefficient (Wildman–Crippen LogP) is 1.82. The van der Waals surface area contributed by atoms with Gasteiger partial charge in [0.25, 0.3) is 0 Å². The van der Waals surface area contributed by atoms with E-state index in [1.807, 2.05) is 18.3 Å². The molecule has 16 heavy (non-hydrogen) atoms. The van der Waals surface area contributed by atoms with Crippen molar-refractivity contribution >= 4 is 11.0 Å². The summed E-state index contributed by atoms with van der Waals surface area (Å²) in [5.41, 5.74) is 2.74. The van der Waals surface area contributed by atoms with E-state index < -0.39 is 0 Å². The van der Waals surface area contributed by atoms with Crippen molar-refractivity contribution in [2.75, 3.05) is 0 Å². The van der Waals surface area contributed by atoms with Crippen LogP contribution in [0.2, 0.25) is 0 Å². The number of hydrogen-bond acceptors (Lipinski definition) is 3. The van der Waals surface area contributed by atoms with Crippen molar-refractivity contribution in [1.82, 2.24) is 19.9 Å². The fraction of sp³-hybridized carbons (Fsp3) is 0. The smallest absolute Gasteiger partial charge is 0.136 e. The average Bonchev–Trinajstić information content (AvgIpc) is 2.74. The summed E-state index contributed by atoms with van der Waals surface area (Å²) < 4.78 is 0. The Kier molecular flexibility index (Phi) is 3.09. The summed E-state index contributed by atoms with van der Waals surface area (Å²) in [6, 6.07) is 5.68. The number of aromatic nitrogens is 4. The van der Waals surface area contributed by atoms with Crippen molar-refractivity contribution in [3.63, 3.8) is 0 Å². The summed E-state index contributed by atoms with van der Waals surface area (Å²) in [6.07, 6.45) is 7.91. The SMILES string of the molecule is [Re].[c-]1cc(-c2c[nH]c3ncccc23)ncn1. The van der Waals surface area contributed by atoms with Crippen LogP contribution in [0.15, 0.2) is 36.9 Å². The maximum Gasteiger partial charge on any atom is 0.136 e. The van der Waals surface area contributed by atoms with E-state index in [2.05, 4.69) is 26.1 Å². The molecule has 0 fully saturated rings. The van der Waals surface area contributed by atoms with Gasteiger partial charge in [0.2, 0.25) is 0 Å². The van der Waals surface area contributed by atoms with Gasteiger partial charge in [-0.15, -0.1) is 6.07 Å². The van der Waals surface area contributed by atoms with Gasteiger partial charge in [-0.3, -0.25) is 0 Å². The summed E-state index contributed by atoms with van der Waals surface area (Å²) >= 11 is 0. The topological polar surface area (TPSA) is 54.5 Å². The Balaban J connectivity index is 0.000000963. The van der Waals surface area contributed by atoms with Gasteiger partial charge < -0.3 is 15.0 Å². The molecule has 3 rings (SSSR count). The van der Waals surface area contributed by atoms with Crippen LogP contribution < -0.4 is 0 Å². The third-order valence-corrected chi connectivity index (χ3v) is 2.26. The summed E-state index contributed by atoms with van der Waals surface area (Å²) in [4.78, 5) is 15.3. The molecule has 4 nitrogen and oxygen atoms in total. The van der Waals surface area contributed by atoms with Crippen molar-refractivity contribution < 1.29 is 20.4 Å². The zero-order chi connectivity index (χ0) is 10.1. The number of H-pyrrole nitrogens is 1. The molecule has 1 radical (unpaired) electrons. The molecule has 0 aliphatic rings. The van der Waals surface area contributed by atoms with Gasteiger partial charge >= 0.3 is 0 Å². The van der Waals surface area contributed by atoms with Gasteiger partial charge in [-0.05, 0) is 23.7 Å². The molecule has 5 heteroatoms. The normalized spacial score (nSPS) is 10.0. The van der Waals surface area contributed by atoms with Gasteiger partial charge in [-0.2, -0.15) is 0 Å². The van der Waals surface area contributed by atoms with E-state index in [1.54, 1.807) is 12.3 Å². The van der Waals surface area contributed by atoms with Crippen LogP contribution in [0.4, 0.5) is 0 Å². The maximum atomic E-state index is 4.22. The van der Waals surface area contributed by atoms with Gasteiger partial charge in [0.05, 0.1) is 0 Å². The molecule has 79 valence electrons. The minimum Gasteiger partial charge on any atom is -0.376 e. The number of hydrogen-bond donors (Lipinski definition) is 1. The average molecular weight is 381 g/mol. The molecule has 0 aromatic carbocycles. The van der Waals surface area contributed by atoms with Crippen LogP contribution in [0, 0.1) is 6.20 Å². The first-order valence-electron chi connectivity index (χ1n) is 4.56. The molecule has 0 unspecified atom stereocenters. The zero-order valence-corrected chi connectivity index (χ0v) is 10.9. The Labute approximate surface area is 106 Å². The molecule has 0 saturated heterocycles. The molecule has 0 saturated carbocycles. The second-order valence-corrected chi connectivity index (χ2v) is 3.13. The van der Waals surface area contributed by atoms with Crippen LogP contribution in [0.3, 0.4) is 0 Å². The molecule has 3 heterocycles. The summed E-state index contributed by atoms with van der Waals surface area (Å²) in [5.74, 6) is 0. The minimum absolute atomic E-state index is 0. The van der Waals surface area contributed by atoms with Crippen molar-refractivity contribution in [2.24, 2.45) is 0 Å². The van der Waals surface area contributed by atoms with E-state index in [9.17, 15) is 0 Å². The Hall–Kier alpha value is -1.57. The van der Waals surface area contributed by atoms with Gasteiger partial charge in [0.15, 0.2) is 0 Å². The van der Waals surface area contributed by atoms with Gasteiger partial charge in [-0.1, -0.05) is 12.3 Å². The summed E-state index contributed by atoms with van der Waals surface area (Å²) in [7, 11) is 0. The van der Waals surface area contributed by atoms with Crippen LogP contribution in [0.5, 0.6) is 0 Å². The van der Waals surface area contributed by atoms with Crippen LogP contribution in [-0.4, -0.2) is 19.9 Å². The molecular formula is C11H7N4Re-. The number of pyridine rings is 1. The molecule has 0 bridgehead atoms. The second kappa shape index (κ2) is 4.52. The molecule has 0 spiro atoms. The van der Waals surface area contributed by atoms with Crippen molar-refractivity contribution in [3.05, 3.63) is 43.1 Å². The Bertz CT molecular complexity index is 591.